The van der Waals surface area contributed by atoms with Gasteiger partial charge in [0.2, 0.25) is 0 Å². The minimum Gasteiger partial charge on any atom is -0.326 e. The summed E-state index contributed by atoms with van der Waals surface area (Å²) < 4.78 is 0. The van der Waals surface area contributed by atoms with Gasteiger partial charge in [0, 0.05) is 19.1 Å². The van der Waals surface area contributed by atoms with Crippen molar-refractivity contribution in [2.75, 3.05) is 13.1 Å². The monoisotopic (exact) mass is 98.1 g/mol. The fourth-order valence-corrected chi connectivity index (χ4v) is 0.695. The molecule has 1 fully saturated rings. The predicted molar refractivity (Wildman–Crippen MR) is 28.8 cm³/mol. The molecule has 7 heavy (non-hydrogen) atoms. The zero-order valence-corrected chi connectivity index (χ0v) is 4.30. The van der Waals surface area contributed by atoms with E-state index in [4.69, 9.17) is 5.73 Å². The van der Waals surface area contributed by atoms with Crippen molar-refractivity contribution in [1.82, 2.24) is 5.32 Å². The molecule has 0 bridgehead atoms. The summed E-state index contributed by atoms with van der Waals surface area (Å²) in [6.45, 7) is 1.81. The van der Waals surface area contributed by atoms with Gasteiger partial charge in [-0.1, -0.05) is 0 Å². The summed E-state index contributed by atoms with van der Waals surface area (Å²) in [4.78, 5) is 0. The maximum Gasteiger partial charge on any atom is 0.0288 e. The van der Waals surface area contributed by atoms with Gasteiger partial charge >= 0.3 is 0 Å². The van der Waals surface area contributed by atoms with E-state index in [9.17, 15) is 0 Å². The third-order valence-electron chi connectivity index (χ3n) is 1.10. The van der Waals surface area contributed by atoms with Crippen molar-refractivity contribution >= 4 is 0 Å². The fraction of sp³-hybridized carbons (Fsp3) is 0.800. The Morgan fingerprint density at radius 1 is 1.71 bits per heavy atom. The van der Waals surface area contributed by atoms with Crippen molar-refractivity contribution in [2.45, 2.75) is 12.5 Å². The van der Waals surface area contributed by atoms with E-state index in [0.717, 1.165) is 19.5 Å². The molecule has 0 aromatic heterocycles. The number of rotatable bonds is 0. The minimum atomic E-state index is 0.244. The molecule has 1 atom stereocenters. The van der Waals surface area contributed by atoms with Crippen LogP contribution >= 0.6 is 0 Å². The summed E-state index contributed by atoms with van der Waals surface area (Å²) in [6, 6.07) is 0.244. The van der Waals surface area contributed by atoms with Gasteiger partial charge in [0.05, 0.1) is 0 Å². The zero-order valence-electron chi connectivity index (χ0n) is 4.30. The van der Waals surface area contributed by atoms with Gasteiger partial charge < -0.3 is 5.73 Å². The van der Waals surface area contributed by atoms with Crippen molar-refractivity contribution in [3.05, 3.63) is 6.42 Å². The Bertz CT molecular complexity index is 48.0. The topological polar surface area (TPSA) is 40.1 Å². The summed E-state index contributed by atoms with van der Waals surface area (Å²) >= 11 is 0. The molecule has 1 aliphatic heterocycles. The number of nitrogens with zero attached hydrogens (tertiary/aromatic N) is 1. The number of hydrogen-bond acceptors (Lipinski definition) is 1. The molecule has 0 saturated carbocycles. The van der Waals surface area contributed by atoms with Gasteiger partial charge in [-0.2, -0.15) is 0 Å². The Morgan fingerprint density at radius 2 is 2.57 bits per heavy atom. The minimum absolute atomic E-state index is 0.244. The second-order valence-electron chi connectivity index (χ2n) is 1.82. The Kier molecular flexibility index (Phi) is 1.65. The van der Waals surface area contributed by atoms with E-state index in [1.807, 2.05) is 0 Å². The molecule has 2 radical (unpaired) electrons. The van der Waals surface area contributed by atoms with E-state index in [2.05, 4.69) is 11.7 Å². The Hall–Kier alpha value is -0.0800. The summed E-state index contributed by atoms with van der Waals surface area (Å²) in [5.41, 5.74) is 5.49. The summed E-state index contributed by atoms with van der Waals surface area (Å²) in [7, 11) is 0. The van der Waals surface area contributed by atoms with Crippen molar-refractivity contribution in [3.8, 4) is 0 Å². The first kappa shape index (κ1) is 5.06. The zero-order chi connectivity index (χ0) is 5.11. The van der Waals surface area contributed by atoms with Crippen LogP contribution in [0.15, 0.2) is 0 Å². The van der Waals surface area contributed by atoms with Crippen LogP contribution in [0, 0.1) is 6.42 Å². The highest BCUT2D eigenvalue weighted by molar-refractivity contribution is 4.85. The molecular weight excluding hydrogens is 88.1 g/mol. The molecule has 1 aliphatic rings. The molecule has 0 aliphatic carbocycles. The first-order valence-corrected chi connectivity index (χ1v) is 2.62. The summed E-state index contributed by atoms with van der Waals surface area (Å²) in [5, 5.41) is 4.10. The fourth-order valence-electron chi connectivity index (χ4n) is 0.695. The lowest BCUT2D eigenvalue weighted by atomic mass is 10.1. The molecule has 40 valence electrons. The van der Waals surface area contributed by atoms with Crippen LogP contribution in [0.1, 0.15) is 6.42 Å². The smallest absolute Gasteiger partial charge is 0.0288 e. The van der Waals surface area contributed by atoms with Gasteiger partial charge in [-0.05, 0) is 12.8 Å². The number of piperidine rings is 1. The van der Waals surface area contributed by atoms with Crippen LogP contribution in [0.3, 0.4) is 0 Å². The van der Waals surface area contributed by atoms with Crippen LogP contribution in [0.25, 0.3) is 0 Å². The van der Waals surface area contributed by atoms with Gasteiger partial charge in [0.25, 0.3) is 0 Å². The Morgan fingerprint density at radius 3 is 2.86 bits per heavy atom. The van der Waals surface area contributed by atoms with E-state index in [-0.39, 0.29) is 6.04 Å². The lowest BCUT2D eigenvalue weighted by molar-refractivity contribution is 0.535. The normalized spacial score (nSPS) is 33.0. The molecule has 2 nitrogen and oxygen atoms in total. The number of hydrogen-bond donors (Lipinski definition) is 1. The highest BCUT2D eigenvalue weighted by Crippen LogP contribution is 1.96. The van der Waals surface area contributed by atoms with E-state index in [1.165, 1.54) is 0 Å². The lowest BCUT2D eigenvalue weighted by Crippen LogP contribution is -2.35. The predicted octanol–water partition coefficient (Wildman–Crippen LogP) is -0.474. The third kappa shape index (κ3) is 1.45. The van der Waals surface area contributed by atoms with Crippen molar-refractivity contribution in [3.63, 3.8) is 0 Å². The van der Waals surface area contributed by atoms with Crippen LogP contribution in [-0.4, -0.2) is 19.1 Å². The molecule has 0 spiro atoms. The van der Waals surface area contributed by atoms with Crippen LogP contribution in [0.5, 0.6) is 0 Å². The van der Waals surface area contributed by atoms with E-state index in [1.54, 1.807) is 0 Å². The maximum absolute atomic E-state index is 5.49. The lowest BCUT2D eigenvalue weighted by Gasteiger charge is -2.15. The SMILES string of the molecule is NC1[CH]CC[N]C1. The van der Waals surface area contributed by atoms with Crippen LogP contribution in [0.4, 0.5) is 0 Å². The standard InChI is InChI=1S/C5H10N2/c6-5-2-1-3-7-4-5/h2,5H,1,3-4,6H2. The number of nitrogens with two attached hydrogens (primary N) is 1. The average molecular weight is 98.1 g/mol. The van der Waals surface area contributed by atoms with Crippen LogP contribution in [-0.2, 0) is 0 Å². The quantitative estimate of drug-likeness (QED) is 0.437. The van der Waals surface area contributed by atoms with Gasteiger partial charge in [-0.25, -0.2) is 5.32 Å². The Balaban J connectivity index is 2.12. The summed E-state index contributed by atoms with van der Waals surface area (Å²) in [6.07, 6.45) is 3.19. The van der Waals surface area contributed by atoms with Gasteiger partial charge in [0.15, 0.2) is 0 Å². The van der Waals surface area contributed by atoms with Crippen LogP contribution < -0.4 is 11.1 Å². The van der Waals surface area contributed by atoms with Crippen molar-refractivity contribution < 1.29 is 0 Å². The van der Waals surface area contributed by atoms with Crippen molar-refractivity contribution in [1.29, 1.82) is 0 Å². The third-order valence-corrected chi connectivity index (χ3v) is 1.10. The molecule has 0 amide bonds. The molecular formula is C5H10N2. The largest absolute Gasteiger partial charge is 0.326 e. The first-order valence-electron chi connectivity index (χ1n) is 2.62. The van der Waals surface area contributed by atoms with E-state index >= 15 is 0 Å². The van der Waals surface area contributed by atoms with Gasteiger partial charge in [0.1, 0.15) is 0 Å². The summed E-state index contributed by atoms with van der Waals surface area (Å²) in [5.74, 6) is 0. The highest BCUT2D eigenvalue weighted by atomic mass is 14.9. The maximum atomic E-state index is 5.49. The molecule has 0 aromatic rings. The van der Waals surface area contributed by atoms with E-state index in [0.29, 0.717) is 0 Å². The van der Waals surface area contributed by atoms with E-state index < -0.39 is 0 Å². The second kappa shape index (κ2) is 2.28. The molecule has 1 unspecified atom stereocenters. The first-order chi connectivity index (χ1) is 3.39. The average Bonchev–Trinajstić information content (AvgIpc) is 1.69. The molecule has 0 aromatic carbocycles. The Labute approximate surface area is 44.1 Å². The van der Waals surface area contributed by atoms with Gasteiger partial charge in [-0.3, -0.25) is 0 Å². The molecule has 2 heteroatoms. The molecule has 2 N–H and O–H groups in total. The van der Waals surface area contributed by atoms with Crippen LogP contribution in [0.2, 0.25) is 0 Å². The molecule has 1 heterocycles. The van der Waals surface area contributed by atoms with Gasteiger partial charge in [-0.15, -0.1) is 0 Å². The van der Waals surface area contributed by atoms with Crippen molar-refractivity contribution in [2.24, 2.45) is 5.73 Å². The molecule has 1 rings (SSSR count). The highest BCUT2D eigenvalue weighted by Gasteiger charge is 2.06. The second-order valence-corrected chi connectivity index (χ2v) is 1.82. The molecule has 1 saturated heterocycles.